The van der Waals surface area contributed by atoms with Crippen molar-refractivity contribution in [1.82, 2.24) is 15.1 Å². The van der Waals surface area contributed by atoms with Crippen molar-refractivity contribution in [3.05, 3.63) is 41.5 Å². The highest BCUT2D eigenvalue weighted by atomic mass is 16.3. The Bertz CT molecular complexity index is 686. The van der Waals surface area contributed by atoms with E-state index in [1.165, 1.54) is 32.2 Å². The molecule has 4 heterocycles. The van der Waals surface area contributed by atoms with Crippen molar-refractivity contribution in [3.8, 4) is 0 Å². The van der Waals surface area contributed by atoms with Crippen molar-refractivity contribution >= 4 is 5.82 Å². The van der Waals surface area contributed by atoms with Crippen LogP contribution in [0.4, 0.5) is 5.82 Å². The lowest BCUT2D eigenvalue weighted by atomic mass is 9.85. The average Bonchev–Trinajstić information content (AvgIpc) is 3.17. The Morgan fingerprint density at radius 2 is 1.83 bits per heavy atom. The predicted octanol–water partition coefficient (Wildman–Crippen LogP) is 3.32. The second kappa shape index (κ2) is 6.20. The third kappa shape index (κ3) is 2.93. The smallest absolute Gasteiger partial charge is 0.151 e. The van der Waals surface area contributed by atoms with Crippen LogP contribution in [0.25, 0.3) is 0 Å². The van der Waals surface area contributed by atoms with Gasteiger partial charge in [-0.2, -0.15) is 5.10 Å². The zero-order valence-electron chi connectivity index (χ0n) is 14.7. The van der Waals surface area contributed by atoms with Crippen LogP contribution in [0.5, 0.6) is 0 Å². The molecular formula is C19H26N4O. The lowest BCUT2D eigenvalue weighted by Gasteiger charge is -2.45. The van der Waals surface area contributed by atoms with E-state index in [-0.39, 0.29) is 0 Å². The summed E-state index contributed by atoms with van der Waals surface area (Å²) in [6, 6.07) is 8.33. The first-order valence-electron chi connectivity index (χ1n) is 9.00. The molecule has 0 bridgehead atoms. The summed E-state index contributed by atoms with van der Waals surface area (Å²) in [7, 11) is 0. The monoisotopic (exact) mass is 326 g/mol. The molecular weight excluding hydrogens is 300 g/mol. The predicted molar refractivity (Wildman–Crippen MR) is 94.0 cm³/mol. The fraction of sp³-hybridized carbons (Fsp3) is 0.579. The highest BCUT2D eigenvalue weighted by Crippen LogP contribution is 2.40. The molecule has 0 saturated carbocycles. The van der Waals surface area contributed by atoms with Crippen LogP contribution in [0.3, 0.4) is 0 Å². The van der Waals surface area contributed by atoms with Crippen molar-refractivity contribution in [3.63, 3.8) is 0 Å². The molecule has 0 aromatic carbocycles. The Hall–Kier alpha value is -1.88. The molecule has 0 radical (unpaired) electrons. The molecule has 0 aliphatic carbocycles. The molecule has 4 rings (SSSR count). The minimum atomic E-state index is 0.343. The van der Waals surface area contributed by atoms with Gasteiger partial charge in [-0.25, -0.2) is 0 Å². The number of aryl methyl sites for hydroxylation is 2. The number of hydrogen-bond acceptors (Lipinski definition) is 5. The number of anilines is 1. The minimum absolute atomic E-state index is 0.343. The third-order valence-electron chi connectivity index (χ3n) is 5.69. The number of likely N-dealkylation sites (tertiary alicyclic amines) is 1. The van der Waals surface area contributed by atoms with E-state index in [0.717, 1.165) is 42.7 Å². The van der Waals surface area contributed by atoms with Crippen molar-refractivity contribution in [2.45, 2.75) is 51.6 Å². The third-order valence-corrected chi connectivity index (χ3v) is 5.69. The highest BCUT2D eigenvalue weighted by Gasteiger charge is 2.43. The quantitative estimate of drug-likeness (QED) is 0.866. The van der Waals surface area contributed by atoms with Gasteiger partial charge in [0.1, 0.15) is 11.5 Å². The van der Waals surface area contributed by atoms with E-state index >= 15 is 0 Å². The maximum atomic E-state index is 5.81. The lowest BCUT2D eigenvalue weighted by molar-refractivity contribution is 0.0919. The van der Waals surface area contributed by atoms with Crippen LogP contribution in [0.15, 0.2) is 28.7 Å². The average molecular weight is 326 g/mol. The molecule has 2 aliphatic rings. The van der Waals surface area contributed by atoms with E-state index in [2.05, 4.69) is 38.2 Å². The number of rotatable bonds is 3. The molecule has 0 unspecified atom stereocenters. The summed E-state index contributed by atoms with van der Waals surface area (Å²) >= 11 is 0. The molecule has 2 aliphatic heterocycles. The van der Waals surface area contributed by atoms with Crippen LogP contribution >= 0.6 is 0 Å². The van der Waals surface area contributed by atoms with Gasteiger partial charge in [0.05, 0.1) is 12.2 Å². The Morgan fingerprint density at radius 3 is 2.50 bits per heavy atom. The maximum Gasteiger partial charge on any atom is 0.151 e. The SMILES string of the molecule is Cc1ccc(N2CCC3(CCCN3Cc3ccc(C)o3)CC2)nn1. The number of aromatic nitrogens is 2. The van der Waals surface area contributed by atoms with E-state index in [4.69, 9.17) is 4.42 Å². The molecule has 5 heteroatoms. The Labute approximate surface area is 143 Å². The standard InChI is InChI=1S/C19H26N4O/c1-15-4-7-18(21-20-15)22-12-9-19(10-13-22)8-3-11-23(19)14-17-6-5-16(2)24-17/h4-7H,3,8-14H2,1-2H3. The molecule has 2 aromatic heterocycles. The van der Waals surface area contributed by atoms with E-state index in [1.807, 2.05) is 19.9 Å². The van der Waals surface area contributed by atoms with Gasteiger partial charge in [-0.1, -0.05) is 0 Å². The second-order valence-electron chi connectivity index (χ2n) is 7.28. The maximum absolute atomic E-state index is 5.81. The van der Waals surface area contributed by atoms with Crippen molar-refractivity contribution < 1.29 is 4.42 Å². The fourth-order valence-electron chi connectivity index (χ4n) is 4.28. The summed E-state index contributed by atoms with van der Waals surface area (Å²) in [5.74, 6) is 3.12. The first-order valence-corrected chi connectivity index (χ1v) is 9.00. The summed E-state index contributed by atoms with van der Waals surface area (Å²) in [4.78, 5) is 5.04. The number of piperidine rings is 1. The van der Waals surface area contributed by atoms with Crippen molar-refractivity contribution in [1.29, 1.82) is 0 Å². The summed E-state index contributed by atoms with van der Waals surface area (Å²) < 4.78 is 5.81. The zero-order valence-corrected chi connectivity index (χ0v) is 14.7. The van der Waals surface area contributed by atoms with Crippen LogP contribution < -0.4 is 4.90 Å². The highest BCUT2D eigenvalue weighted by molar-refractivity contribution is 5.38. The molecule has 2 aromatic rings. The van der Waals surface area contributed by atoms with Gasteiger partial charge in [0, 0.05) is 18.6 Å². The first kappa shape index (κ1) is 15.6. The summed E-state index contributed by atoms with van der Waals surface area (Å²) in [5.41, 5.74) is 1.32. The van der Waals surface area contributed by atoms with Gasteiger partial charge in [0.25, 0.3) is 0 Å². The Morgan fingerprint density at radius 1 is 1.00 bits per heavy atom. The Balaban J connectivity index is 1.43. The molecule has 0 amide bonds. The van der Waals surface area contributed by atoms with Gasteiger partial charge in [-0.05, 0) is 70.3 Å². The van der Waals surface area contributed by atoms with E-state index < -0.39 is 0 Å². The van der Waals surface area contributed by atoms with Gasteiger partial charge in [-0.3, -0.25) is 4.90 Å². The van der Waals surface area contributed by atoms with E-state index in [1.54, 1.807) is 0 Å². The topological polar surface area (TPSA) is 45.4 Å². The molecule has 2 fully saturated rings. The van der Waals surface area contributed by atoms with Crippen molar-refractivity contribution in [2.75, 3.05) is 24.5 Å². The van der Waals surface area contributed by atoms with Crippen LogP contribution in [-0.2, 0) is 6.54 Å². The number of nitrogens with zero attached hydrogens (tertiary/aromatic N) is 4. The Kier molecular flexibility index (Phi) is 4.04. The van der Waals surface area contributed by atoms with Gasteiger partial charge < -0.3 is 9.32 Å². The van der Waals surface area contributed by atoms with E-state index in [0.29, 0.717) is 5.54 Å². The summed E-state index contributed by atoms with van der Waals surface area (Å²) in [5, 5.41) is 8.56. The van der Waals surface area contributed by atoms with Crippen LogP contribution in [0, 0.1) is 13.8 Å². The number of furan rings is 1. The van der Waals surface area contributed by atoms with Crippen LogP contribution in [-0.4, -0.2) is 40.3 Å². The van der Waals surface area contributed by atoms with Gasteiger partial charge in [0.15, 0.2) is 5.82 Å². The second-order valence-corrected chi connectivity index (χ2v) is 7.28. The van der Waals surface area contributed by atoms with E-state index in [9.17, 15) is 0 Å². The molecule has 2 saturated heterocycles. The first-order chi connectivity index (χ1) is 11.6. The zero-order chi connectivity index (χ0) is 16.6. The van der Waals surface area contributed by atoms with Gasteiger partial charge in [-0.15, -0.1) is 5.10 Å². The molecule has 5 nitrogen and oxygen atoms in total. The molecule has 128 valence electrons. The molecule has 24 heavy (non-hydrogen) atoms. The van der Waals surface area contributed by atoms with Crippen molar-refractivity contribution in [2.24, 2.45) is 0 Å². The molecule has 1 spiro atoms. The number of hydrogen-bond donors (Lipinski definition) is 0. The van der Waals surface area contributed by atoms with Gasteiger partial charge in [0.2, 0.25) is 0 Å². The molecule has 0 N–H and O–H groups in total. The summed E-state index contributed by atoms with van der Waals surface area (Å²) in [6.07, 6.45) is 4.99. The minimum Gasteiger partial charge on any atom is -0.465 e. The summed E-state index contributed by atoms with van der Waals surface area (Å²) in [6.45, 7) is 8.25. The molecule has 0 atom stereocenters. The van der Waals surface area contributed by atoms with Crippen LogP contribution in [0.2, 0.25) is 0 Å². The lowest BCUT2D eigenvalue weighted by Crippen LogP contribution is -2.52. The van der Waals surface area contributed by atoms with Crippen LogP contribution in [0.1, 0.15) is 42.9 Å². The fourth-order valence-corrected chi connectivity index (χ4v) is 4.28. The van der Waals surface area contributed by atoms with Gasteiger partial charge >= 0.3 is 0 Å². The largest absolute Gasteiger partial charge is 0.465 e. The normalized spacial score (nSPS) is 20.8.